The fourth-order valence-corrected chi connectivity index (χ4v) is 2.70. The van der Waals surface area contributed by atoms with E-state index < -0.39 is 17.4 Å². The number of rotatable bonds is 3. The van der Waals surface area contributed by atoms with Crippen molar-refractivity contribution in [2.75, 3.05) is 0 Å². The zero-order chi connectivity index (χ0) is 14.0. The molecule has 102 valence electrons. The molecule has 0 aliphatic heterocycles. The Kier molecular flexibility index (Phi) is 4.02. The summed E-state index contributed by atoms with van der Waals surface area (Å²) in [7, 11) is 0. The Morgan fingerprint density at radius 2 is 1.84 bits per heavy atom. The normalized spacial score (nSPS) is 17.2. The highest BCUT2D eigenvalue weighted by Crippen LogP contribution is 2.31. The summed E-state index contributed by atoms with van der Waals surface area (Å²) >= 11 is 11.8. The molecular weight excluding hydrogens is 289 g/mol. The predicted molar refractivity (Wildman–Crippen MR) is 72.8 cm³/mol. The van der Waals surface area contributed by atoms with Crippen LogP contribution in [-0.2, 0) is 4.79 Å². The van der Waals surface area contributed by atoms with Crippen LogP contribution in [0, 0.1) is 0 Å². The van der Waals surface area contributed by atoms with Crippen LogP contribution in [0.2, 0.25) is 10.0 Å². The van der Waals surface area contributed by atoms with E-state index in [1.807, 2.05) is 0 Å². The van der Waals surface area contributed by atoms with Crippen LogP contribution < -0.4 is 5.32 Å². The molecule has 0 spiro atoms. The minimum atomic E-state index is -1.18. The molecule has 2 rings (SSSR count). The smallest absolute Gasteiger partial charge is 0.329 e. The van der Waals surface area contributed by atoms with Crippen molar-refractivity contribution < 1.29 is 14.7 Å². The van der Waals surface area contributed by atoms with E-state index in [-0.39, 0.29) is 10.6 Å². The van der Waals surface area contributed by atoms with Gasteiger partial charge in [-0.25, -0.2) is 4.79 Å². The van der Waals surface area contributed by atoms with Crippen LogP contribution in [0.5, 0.6) is 0 Å². The molecule has 2 N–H and O–H groups in total. The molecule has 1 aromatic carbocycles. The maximum atomic E-state index is 12.2. The molecule has 1 aromatic rings. The van der Waals surface area contributed by atoms with E-state index in [0.29, 0.717) is 17.9 Å². The van der Waals surface area contributed by atoms with E-state index in [9.17, 15) is 14.7 Å². The molecule has 6 heteroatoms. The fourth-order valence-electron chi connectivity index (χ4n) is 2.33. The average Bonchev–Trinajstić information content (AvgIpc) is 2.82. The van der Waals surface area contributed by atoms with Crippen LogP contribution in [0.3, 0.4) is 0 Å². The third kappa shape index (κ3) is 2.85. The highest BCUT2D eigenvalue weighted by Gasteiger charge is 2.42. The number of amides is 1. The Labute approximate surface area is 120 Å². The molecule has 1 aliphatic carbocycles. The molecule has 1 fully saturated rings. The molecule has 1 amide bonds. The first-order valence-electron chi connectivity index (χ1n) is 5.95. The zero-order valence-corrected chi connectivity index (χ0v) is 11.6. The second-order valence-corrected chi connectivity index (χ2v) is 5.52. The van der Waals surface area contributed by atoms with Gasteiger partial charge in [-0.1, -0.05) is 36.0 Å². The Morgan fingerprint density at radius 1 is 1.21 bits per heavy atom. The number of carboxylic acids is 1. The molecule has 0 bridgehead atoms. The van der Waals surface area contributed by atoms with E-state index in [4.69, 9.17) is 23.2 Å². The van der Waals surface area contributed by atoms with Gasteiger partial charge in [0, 0.05) is 5.02 Å². The van der Waals surface area contributed by atoms with Crippen LogP contribution in [0.15, 0.2) is 18.2 Å². The molecule has 0 unspecified atom stereocenters. The first-order valence-corrected chi connectivity index (χ1v) is 6.71. The summed E-state index contributed by atoms with van der Waals surface area (Å²) in [6.45, 7) is 0. The van der Waals surface area contributed by atoms with Gasteiger partial charge < -0.3 is 10.4 Å². The minimum Gasteiger partial charge on any atom is -0.480 e. The average molecular weight is 302 g/mol. The van der Waals surface area contributed by atoms with Gasteiger partial charge in [-0.3, -0.25) is 4.79 Å². The molecule has 0 radical (unpaired) electrons. The summed E-state index contributed by atoms with van der Waals surface area (Å²) in [6.07, 6.45) is 2.45. The number of carboxylic acid groups (broad SMARTS) is 1. The van der Waals surface area contributed by atoms with E-state index in [0.717, 1.165) is 12.8 Å². The number of carbonyl (C=O) groups excluding carboxylic acids is 1. The van der Waals surface area contributed by atoms with Gasteiger partial charge in [-0.2, -0.15) is 0 Å². The van der Waals surface area contributed by atoms with Gasteiger partial charge in [0.2, 0.25) is 0 Å². The Hall–Kier alpha value is -1.26. The summed E-state index contributed by atoms with van der Waals surface area (Å²) in [6, 6.07) is 4.52. The van der Waals surface area contributed by atoms with Crippen molar-refractivity contribution in [3.8, 4) is 0 Å². The number of benzene rings is 1. The van der Waals surface area contributed by atoms with Gasteiger partial charge in [0.25, 0.3) is 5.91 Å². The molecule has 4 nitrogen and oxygen atoms in total. The van der Waals surface area contributed by atoms with Gasteiger partial charge >= 0.3 is 5.97 Å². The monoisotopic (exact) mass is 301 g/mol. The lowest BCUT2D eigenvalue weighted by Gasteiger charge is -2.25. The number of carbonyl (C=O) groups is 2. The number of hydrogen-bond donors (Lipinski definition) is 2. The lowest BCUT2D eigenvalue weighted by Crippen LogP contribution is -2.52. The second-order valence-electron chi connectivity index (χ2n) is 4.67. The van der Waals surface area contributed by atoms with Crippen molar-refractivity contribution in [3.63, 3.8) is 0 Å². The molecule has 0 aromatic heterocycles. The fraction of sp³-hybridized carbons (Fsp3) is 0.385. The third-order valence-electron chi connectivity index (χ3n) is 3.39. The molecule has 0 atom stereocenters. The topological polar surface area (TPSA) is 66.4 Å². The van der Waals surface area contributed by atoms with Crippen molar-refractivity contribution in [2.24, 2.45) is 0 Å². The third-order valence-corrected chi connectivity index (χ3v) is 3.96. The highest BCUT2D eigenvalue weighted by molar-refractivity contribution is 6.35. The largest absolute Gasteiger partial charge is 0.480 e. The first kappa shape index (κ1) is 14.2. The van der Waals surface area contributed by atoms with Gasteiger partial charge in [0.05, 0.1) is 10.6 Å². The quantitative estimate of drug-likeness (QED) is 0.901. The van der Waals surface area contributed by atoms with Crippen molar-refractivity contribution >= 4 is 35.1 Å². The van der Waals surface area contributed by atoms with Gasteiger partial charge in [0.15, 0.2) is 0 Å². The lowest BCUT2D eigenvalue weighted by molar-refractivity contribution is -0.144. The number of halogens is 2. The molecule has 1 aliphatic rings. The molecule has 0 heterocycles. The van der Waals surface area contributed by atoms with Crippen LogP contribution in [-0.4, -0.2) is 22.5 Å². The maximum Gasteiger partial charge on any atom is 0.329 e. The molecular formula is C13H13Cl2NO3. The van der Waals surface area contributed by atoms with Crippen LogP contribution in [0.4, 0.5) is 0 Å². The van der Waals surface area contributed by atoms with Crippen LogP contribution in [0.25, 0.3) is 0 Å². The van der Waals surface area contributed by atoms with Crippen LogP contribution >= 0.6 is 23.2 Å². The van der Waals surface area contributed by atoms with Crippen molar-refractivity contribution in [2.45, 2.75) is 31.2 Å². The van der Waals surface area contributed by atoms with Gasteiger partial charge in [0.1, 0.15) is 5.54 Å². The Bertz CT molecular complexity index is 525. The predicted octanol–water partition coefficient (Wildman–Crippen LogP) is 3.12. The van der Waals surface area contributed by atoms with E-state index in [1.54, 1.807) is 6.07 Å². The van der Waals surface area contributed by atoms with Gasteiger partial charge in [-0.05, 0) is 31.0 Å². The van der Waals surface area contributed by atoms with E-state index in [2.05, 4.69) is 5.32 Å². The SMILES string of the molecule is O=C(NC1(C(=O)O)CCCC1)c1cc(Cl)ccc1Cl. The van der Waals surface area contributed by atoms with E-state index in [1.165, 1.54) is 12.1 Å². The van der Waals surface area contributed by atoms with Crippen molar-refractivity contribution in [1.29, 1.82) is 0 Å². The number of hydrogen-bond acceptors (Lipinski definition) is 2. The minimum absolute atomic E-state index is 0.196. The molecule has 1 saturated carbocycles. The summed E-state index contributed by atoms with van der Waals surface area (Å²) < 4.78 is 0. The van der Waals surface area contributed by atoms with E-state index >= 15 is 0 Å². The summed E-state index contributed by atoms with van der Waals surface area (Å²) in [5, 5.41) is 12.5. The maximum absolute atomic E-state index is 12.2. The molecule has 19 heavy (non-hydrogen) atoms. The summed E-state index contributed by atoms with van der Waals surface area (Å²) in [5.74, 6) is -1.51. The summed E-state index contributed by atoms with van der Waals surface area (Å²) in [4.78, 5) is 23.5. The molecule has 0 saturated heterocycles. The van der Waals surface area contributed by atoms with Crippen molar-refractivity contribution in [1.82, 2.24) is 5.32 Å². The summed E-state index contributed by atoms with van der Waals surface area (Å²) in [5.41, 5.74) is -0.982. The first-order chi connectivity index (χ1) is 8.94. The highest BCUT2D eigenvalue weighted by atomic mass is 35.5. The Balaban J connectivity index is 2.25. The van der Waals surface area contributed by atoms with Crippen molar-refractivity contribution in [3.05, 3.63) is 33.8 Å². The lowest BCUT2D eigenvalue weighted by atomic mass is 9.97. The zero-order valence-electron chi connectivity index (χ0n) is 10.1. The standard InChI is InChI=1S/C13H13Cl2NO3/c14-8-3-4-10(15)9(7-8)11(17)16-13(12(18)19)5-1-2-6-13/h3-4,7H,1-2,5-6H2,(H,16,17)(H,18,19). The van der Waals surface area contributed by atoms with Gasteiger partial charge in [-0.15, -0.1) is 0 Å². The Morgan fingerprint density at radius 3 is 2.42 bits per heavy atom. The second kappa shape index (κ2) is 5.39. The number of aliphatic carboxylic acids is 1. The van der Waals surface area contributed by atoms with Crippen LogP contribution in [0.1, 0.15) is 36.0 Å². The number of nitrogens with one attached hydrogen (secondary N) is 1.